The van der Waals surface area contributed by atoms with Crippen LogP contribution in [0.4, 0.5) is 13.2 Å². The van der Waals surface area contributed by atoms with Gasteiger partial charge in [-0.25, -0.2) is 0 Å². The van der Waals surface area contributed by atoms with Gasteiger partial charge in [-0.3, -0.25) is 4.90 Å². The molecule has 3 aliphatic heterocycles. The average Bonchev–Trinajstić information content (AvgIpc) is 2.54. The molecule has 0 aromatic heterocycles. The zero-order valence-electron chi connectivity index (χ0n) is 14.5. The van der Waals surface area contributed by atoms with Gasteiger partial charge in [0.2, 0.25) is 0 Å². The summed E-state index contributed by atoms with van der Waals surface area (Å²) in [5.41, 5.74) is -0.0814. The maximum atomic E-state index is 13.3. The largest absolute Gasteiger partial charge is 0.416 e. The minimum absolute atomic E-state index is 0.385. The van der Waals surface area contributed by atoms with Crippen molar-refractivity contribution < 1.29 is 13.2 Å². The Balaban J connectivity index is 1.83. The molecule has 5 heteroatoms. The number of fused-ring (bicyclic) bond motifs is 3. The van der Waals surface area contributed by atoms with Gasteiger partial charge < -0.3 is 4.90 Å². The number of hydrogen-bond donors (Lipinski definition) is 0. The van der Waals surface area contributed by atoms with Gasteiger partial charge in [0.25, 0.3) is 0 Å². The molecule has 0 N–H and O–H groups in total. The van der Waals surface area contributed by atoms with E-state index in [0.717, 1.165) is 26.2 Å². The summed E-state index contributed by atoms with van der Waals surface area (Å²) in [4.78, 5) is 4.78. The highest BCUT2D eigenvalue weighted by Gasteiger charge is 2.39. The van der Waals surface area contributed by atoms with Crippen molar-refractivity contribution in [2.45, 2.75) is 45.5 Å². The molecule has 0 amide bonds. The van der Waals surface area contributed by atoms with Gasteiger partial charge in [-0.05, 0) is 49.4 Å². The van der Waals surface area contributed by atoms with Crippen molar-refractivity contribution in [3.8, 4) is 0 Å². The van der Waals surface area contributed by atoms with Gasteiger partial charge in [0.1, 0.15) is 0 Å². The van der Waals surface area contributed by atoms with E-state index in [4.69, 9.17) is 0 Å². The van der Waals surface area contributed by atoms with E-state index in [9.17, 15) is 13.2 Å². The second kappa shape index (κ2) is 7.04. The Kier molecular flexibility index (Phi) is 5.21. The predicted molar refractivity (Wildman–Crippen MR) is 89.6 cm³/mol. The summed E-state index contributed by atoms with van der Waals surface area (Å²) in [6.07, 6.45) is -1.92. The molecule has 134 valence electrons. The Labute approximate surface area is 142 Å². The van der Waals surface area contributed by atoms with Crippen molar-refractivity contribution in [1.82, 2.24) is 9.80 Å². The topological polar surface area (TPSA) is 6.48 Å². The van der Waals surface area contributed by atoms with Crippen molar-refractivity contribution in [2.24, 2.45) is 11.8 Å². The summed E-state index contributed by atoms with van der Waals surface area (Å²) >= 11 is 0. The predicted octanol–water partition coefficient (Wildman–Crippen LogP) is 4.26. The molecule has 2 bridgehead atoms. The molecule has 1 aromatic rings. The van der Waals surface area contributed by atoms with Crippen LogP contribution in [-0.4, -0.2) is 42.0 Å². The van der Waals surface area contributed by atoms with Crippen molar-refractivity contribution >= 4 is 0 Å². The van der Waals surface area contributed by atoms with Crippen LogP contribution in [0.5, 0.6) is 0 Å². The number of nitrogens with zero attached hydrogens (tertiary/aromatic N) is 2. The van der Waals surface area contributed by atoms with E-state index in [1.165, 1.54) is 25.0 Å². The second-order valence-electron chi connectivity index (χ2n) is 7.68. The Bertz CT molecular complexity index is 548. The highest BCUT2D eigenvalue weighted by molar-refractivity contribution is 5.29. The van der Waals surface area contributed by atoms with Crippen molar-refractivity contribution in [3.63, 3.8) is 0 Å². The molecule has 0 unspecified atom stereocenters. The van der Waals surface area contributed by atoms with Crippen molar-refractivity contribution in [2.75, 3.05) is 26.2 Å². The van der Waals surface area contributed by atoms with E-state index in [0.29, 0.717) is 30.0 Å². The fourth-order valence-electron chi connectivity index (χ4n) is 4.29. The van der Waals surface area contributed by atoms with Crippen LogP contribution in [0.2, 0.25) is 0 Å². The summed E-state index contributed by atoms with van der Waals surface area (Å²) in [5, 5.41) is 0. The van der Waals surface area contributed by atoms with E-state index in [1.54, 1.807) is 12.1 Å². The summed E-state index contributed by atoms with van der Waals surface area (Å²) in [7, 11) is 0. The SMILES string of the molecule is CC(C)CN(Cc1ccccc1C(F)(F)F)[C@@H]1CN2CCC1CC2. The molecule has 0 aliphatic carbocycles. The van der Waals surface area contributed by atoms with Crippen LogP contribution < -0.4 is 0 Å². The smallest absolute Gasteiger partial charge is 0.302 e. The lowest BCUT2D eigenvalue weighted by atomic mass is 9.82. The summed E-state index contributed by atoms with van der Waals surface area (Å²) in [6.45, 7) is 8.83. The third-order valence-corrected chi connectivity index (χ3v) is 5.39. The van der Waals surface area contributed by atoms with E-state index >= 15 is 0 Å². The molecule has 0 spiro atoms. The minimum atomic E-state index is -4.28. The van der Waals surface area contributed by atoms with Crippen molar-refractivity contribution in [3.05, 3.63) is 35.4 Å². The molecule has 1 atom stereocenters. The molecule has 0 saturated carbocycles. The van der Waals surface area contributed by atoms with Crippen LogP contribution >= 0.6 is 0 Å². The second-order valence-corrected chi connectivity index (χ2v) is 7.68. The molecule has 24 heavy (non-hydrogen) atoms. The number of hydrogen-bond acceptors (Lipinski definition) is 2. The van der Waals surface area contributed by atoms with E-state index in [2.05, 4.69) is 23.6 Å². The van der Waals surface area contributed by atoms with Gasteiger partial charge in [0, 0.05) is 25.7 Å². The van der Waals surface area contributed by atoms with Gasteiger partial charge in [-0.15, -0.1) is 0 Å². The van der Waals surface area contributed by atoms with Gasteiger partial charge in [0.15, 0.2) is 0 Å². The molecular weight excluding hydrogens is 313 g/mol. The molecule has 1 aromatic carbocycles. The van der Waals surface area contributed by atoms with Gasteiger partial charge in [-0.2, -0.15) is 13.2 Å². The fourth-order valence-corrected chi connectivity index (χ4v) is 4.29. The highest BCUT2D eigenvalue weighted by atomic mass is 19.4. The Morgan fingerprint density at radius 3 is 2.38 bits per heavy atom. The summed E-state index contributed by atoms with van der Waals surface area (Å²) < 4.78 is 40.0. The van der Waals surface area contributed by atoms with E-state index in [1.807, 2.05) is 0 Å². The molecule has 3 fully saturated rings. The summed E-state index contributed by atoms with van der Waals surface area (Å²) in [5.74, 6) is 1.07. The summed E-state index contributed by atoms with van der Waals surface area (Å²) in [6, 6.07) is 6.43. The molecule has 3 saturated heterocycles. The van der Waals surface area contributed by atoms with E-state index < -0.39 is 11.7 Å². The zero-order valence-corrected chi connectivity index (χ0v) is 14.5. The van der Waals surface area contributed by atoms with E-state index in [-0.39, 0.29) is 0 Å². The highest BCUT2D eigenvalue weighted by Crippen LogP contribution is 2.35. The third kappa shape index (κ3) is 3.94. The number of piperidine rings is 3. The molecule has 3 heterocycles. The first-order chi connectivity index (χ1) is 11.3. The maximum Gasteiger partial charge on any atom is 0.416 e. The van der Waals surface area contributed by atoms with Crippen LogP contribution in [0.1, 0.15) is 37.8 Å². The average molecular weight is 340 g/mol. The van der Waals surface area contributed by atoms with Gasteiger partial charge >= 0.3 is 6.18 Å². The first-order valence-electron chi connectivity index (χ1n) is 8.96. The minimum Gasteiger partial charge on any atom is -0.302 e. The molecular formula is C19H27F3N2. The Morgan fingerprint density at radius 1 is 1.17 bits per heavy atom. The third-order valence-electron chi connectivity index (χ3n) is 5.39. The molecule has 4 rings (SSSR count). The quantitative estimate of drug-likeness (QED) is 0.790. The van der Waals surface area contributed by atoms with Crippen LogP contribution in [0.15, 0.2) is 24.3 Å². The number of rotatable bonds is 5. The van der Waals surface area contributed by atoms with Crippen molar-refractivity contribution in [1.29, 1.82) is 0 Å². The lowest BCUT2D eigenvalue weighted by Crippen LogP contribution is -2.57. The van der Waals surface area contributed by atoms with Gasteiger partial charge in [-0.1, -0.05) is 32.0 Å². The van der Waals surface area contributed by atoms with Crippen LogP contribution in [0.25, 0.3) is 0 Å². The maximum absolute atomic E-state index is 13.3. The lowest BCUT2D eigenvalue weighted by Gasteiger charge is -2.49. The first-order valence-corrected chi connectivity index (χ1v) is 8.96. The fraction of sp³-hybridized carbons (Fsp3) is 0.684. The monoisotopic (exact) mass is 340 g/mol. The number of alkyl halides is 3. The molecule has 0 radical (unpaired) electrons. The Morgan fingerprint density at radius 2 is 1.83 bits per heavy atom. The van der Waals surface area contributed by atoms with Crippen LogP contribution in [0, 0.1) is 11.8 Å². The number of benzene rings is 1. The van der Waals surface area contributed by atoms with Crippen LogP contribution in [0.3, 0.4) is 0 Å². The van der Waals surface area contributed by atoms with Gasteiger partial charge in [0.05, 0.1) is 5.56 Å². The Hall–Kier alpha value is -1.07. The first kappa shape index (κ1) is 17.7. The molecule has 2 nitrogen and oxygen atoms in total. The normalized spacial score (nSPS) is 27.2. The zero-order chi connectivity index (χ0) is 17.3. The number of halogens is 3. The molecule has 3 aliphatic rings. The standard InChI is InChI=1S/C19H27F3N2/c1-14(2)11-24(18-13-23-9-7-15(18)8-10-23)12-16-5-3-4-6-17(16)19(20,21)22/h3-6,14-15,18H,7-13H2,1-2H3/t18-/m1/s1. The van der Waals surface area contributed by atoms with Crippen LogP contribution in [-0.2, 0) is 12.7 Å². The lowest BCUT2D eigenvalue weighted by molar-refractivity contribution is -0.138.